The maximum Gasteiger partial charge on any atom is 0.225 e. The van der Waals surface area contributed by atoms with Gasteiger partial charge in [0.2, 0.25) is 5.95 Å². The monoisotopic (exact) mass is 325 g/mol. The van der Waals surface area contributed by atoms with Crippen molar-refractivity contribution in [3.05, 3.63) is 42.1 Å². The molecular formula is C19H27N5. The van der Waals surface area contributed by atoms with Gasteiger partial charge in [-0.2, -0.15) is 4.98 Å². The molecule has 0 amide bonds. The Kier molecular flexibility index (Phi) is 4.60. The third-order valence-electron chi connectivity index (χ3n) is 4.10. The zero-order valence-electron chi connectivity index (χ0n) is 15.1. The topological polar surface area (TPSA) is 44.3 Å². The van der Waals surface area contributed by atoms with Crippen molar-refractivity contribution in [3.63, 3.8) is 0 Å². The molecule has 1 aliphatic rings. The van der Waals surface area contributed by atoms with Gasteiger partial charge in [-0.25, -0.2) is 4.98 Å². The second-order valence-corrected chi connectivity index (χ2v) is 7.43. The van der Waals surface area contributed by atoms with E-state index >= 15 is 0 Å². The minimum atomic E-state index is -0.0392. The number of nitrogens with one attached hydrogen (secondary N) is 1. The van der Waals surface area contributed by atoms with Gasteiger partial charge in [0.1, 0.15) is 5.82 Å². The van der Waals surface area contributed by atoms with Gasteiger partial charge in [-0.05, 0) is 51.5 Å². The summed E-state index contributed by atoms with van der Waals surface area (Å²) in [5, 5.41) is 3.34. The molecule has 0 radical (unpaired) electrons. The van der Waals surface area contributed by atoms with E-state index in [0.717, 1.165) is 32.0 Å². The first-order chi connectivity index (χ1) is 11.4. The van der Waals surface area contributed by atoms with Crippen molar-refractivity contribution in [1.82, 2.24) is 9.97 Å². The molecule has 1 aromatic heterocycles. The van der Waals surface area contributed by atoms with Gasteiger partial charge < -0.3 is 15.1 Å². The molecule has 24 heavy (non-hydrogen) atoms. The van der Waals surface area contributed by atoms with Gasteiger partial charge in [0, 0.05) is 43.6 Å². The minimum Gasteiger partial charge on any atom is -0.368 e. The third kappa shape index (κ3) is 4.16. The third-order valence-corrected chi connectivity index (χ3v) is 4.10. The number of piperazine rings is 1. The second kappa shape index (κ2) is 6.67. The molecular weight excluding hydrogens is 298 g/mol. The summed E-state index contributed by atoms with van der Waals surface area (Å²) in [4.78, 5) is 13.8. The molecule has 5 heteroatoms. The molecule has 0 saturated carbocycles. The van der Waals surface area contributed by atoms with Crippen molar-refractivity contribution in [3.8, 4) is 0 Å². The number of aryl methyl sites for hydroxylation is 1. The lowest BCUT2D eigenvalue weighted by atomic mass is 10.1. The van der Waals surface area contributed by atoms with Crippen LogP contribution in [0.3, 0.4) is 0 Å². The van der Waals surface area contributed by atoms with E-state index < -0.39 is 0 Å². The first-order valence-corrected chi connectivity index (χ1v) is 8.58. The average molecular weight is 325 g/mol. The van der Waals surface area contributed by atoms with Crippen molar-refractivity contribution in [1.29, 1.82) is 0 Å². The molecule has 1 fully saturated rings. The number of rotatable bonds is 3. The summed E-state index contributed by atoms with van der Waals surface area (Å²) in [6, 6.07) is 10.7. The lowest BCUT2D eigenvalue weighted by molar-refractivity contribution is 0.622. The molecule has 1 aliphatic heterocycles. The standard InChI is InChI=1S/C19H27N5/c1-15-6-5-7-16(14-15)23-10-12-24(13-11-23)17-8-9-20-18(21-17)22-19(2,3)4/h5-9,14H,10-13H2,1-4H3,(H,20,21,22). The Hall–Kier alpha value is -2.30. The van der Waals surface area contributed by atoms with E-state index in [1.54, 1.807) is 0 Å². The van der Waals surface area contributed by atoms with Crippen LogP contribution >= 0.6 is 0 Å². The Balaban J connectivity index is 1.65. The normalized spacial score (nSPS) is 15.5. The summed E-state index contributed by atoms with van der Waals surface area (Å²) in [6.45, 7) is 12.5. The average Bonchev–Trinajstić information content (AvgIpc) is 2.54. The molecule has 1 saturated heterocycles. The van der Waals surface area contributed by atoms with Gasteiger partial charge in [0.05, 0.1) is 0 Å². The van der Waals surface area contributed by atoms with E-state index in [9.17, 15) is 0 Å². The highest BCUT2D eigenvalue weighted by Gasteiger charge is 2.19. The molecule has 2 aromatic rings. The molecule has 2 heterocycles. The summed E-state index contributed by atoms with van der Waals surface area (Å²) in [5.41, 5.74) is 2.58. The highest BCUT2D eigenvalue weighted by molar-refractivity contribution is 5.51. The van der Waals surface area contributed by atoms with Crippen LogP contribution in [0.25, 0.3) is 0 Å². The minimum absolute atomic E-state index is 0.0392. The highest BCUT2D eigenvalue weighted by atomic mass is 15.3. The van der Waals surface area contributed by atoms with Gasteiger partial charge >= 0.3 is 0 Å². The lowest BCUT2D eigenvalue weighted by Gasteiger charge is -2.37. The van der Waals surface area contributed by atoms with Crippen LogP contribution in [-0.2, 0) is 0 Å². The Morgan fingerprint density at radius 1 is 1.00 bits per heavy atom. The van der Waals surface area contributed by atoms with Gasteiger partial charge in [-0.15, -0.1) is 0 Å². The fraction of sp³-hybridized carbons (Fsp3) is 0.474. The van der Waals surface area contributed by atoms with Crippen molar-refractivity contribution < 1.29 is 0 Å². The van der Waals surface area contributed by atoms with Gasteiger partial charge in [0.15, 0.2) is 0 Å². The fourth-order valence-electron chi connectivity index (χ4n) is 2.94. The van der Waals surface area contributed by atoms with Crippen LogP contribution in [0.1, 0.15) is 26.3 Å². The van der Waals surface area contributed by atoms with Crippen LogP contribution in [0.2, 0.25) is 0 Å². The molecule has 0 aliphatic carbocycles. The Morgan fingerprint density at radius 2 is 1.71 bits per heavy atom. The van der Waals surface area contributed by atoms with E-state index in [4.69, 9.17) is 0 Å². The lowest BCUT2D eigenvalue weighted by Crippen LogP contribution is -2.47. The van der Waals surface area contributed by atoms with E-state index in [0.29, 0.717) is 5.95 Å². The highest BCUT2D eigenvalue weighted by Crippen LogP contribution is 2.21. The molecule has 0 spiro atoms. The number of anilines is 3. The summed E-state index contributed by atoms with van der Waals surface area (Å²) in [7, 11) is 0. The number of nitrogens with zero attached hydrogens (tertiary/aromatic N) is 4. The number of aromatic nitrogens is 2. The number of hydrogen-bond donors (Lipinski definition) is 1. The maximum absolute atomic E-state index is 4.68. The van der Waals surface area contributed by atoms with E-state index in [-0.39, 0.29) is 5.54 Å². The zero-order valence-corrected chi connectivity index (χ0v) is 15.1. The van der Waals surface area contributed by atoms with Gasteiger partial charge in [-0.3, -0.25) is 0 Å². The maximum atomic E-state index is 4.68. The summed E-state index contributed by atoms with van der Waals surface area (Å²) >= 11 is 0. The Labute approximate surface area is 144 Å². The van der Waals surface area contributed by atoms with Gasteiger partial charge in [0.25, 0.3) is 0 Å². The molecule has 5 nitrogen and oxygen atoms in total. The predicted molar refractivity (Wildman–Crippen MR) is 101 cm³/mol. The largest absolute Gasteiger partial charge is 0.368 e. The number of hydrogen-bond acceptors (Lipinski definition) is 5. The van der Waals surface area contributed by atoms with Crippen LogP contribution < -0.4 is 15.1 Å². The van der Waals surface area contributed by atoms with Crippen LogP contribution in [-0.4, -0.2) is 41.7 Å². The molecule has 1 aromatic carbocycles. The zero-order chi connectivity index (χ0) is 17.2. The van der Waals surface area contributed by atoms with Crippen LogP contribution in [0, 0.1) is 6.92 Å². The van der Waals surface area contributed by atoms with Crippen molar-refractivity contribution in [2.24, 2.45) is 0 Å². The quantitative estimate of drug-likeness (QED) is 0.938. The fourth-order valence-corrected chi connectivity index (χ4v) is 2.94. The van der Waals surface area contributed by atoms with Crippen molar-refractivity contribution in [2.75, 3.05) is 41.3 Å². The summed E-state index contributed by atoms with van der Waals surface area (Å²) in [6.07, 6.45) is 1.84. The number of benzene rings is 1. The van der Waals surface area contributed by atoms with Crippen LogP contribution in [0.4, 0.5) is 17.5 Å². The Morgan fingerprint density at radius 3 is 2.38 bits per heavy atom. The molecule has 1 N–H and O–H groups in total. The van der Waals surface area contributed by atoms with Crippen LogP contribution in [0.5, 0.6) is 0 Å². The first kappa shape index (κ1) is 16.6. The van der Waals surface area contributed by atoms with Gasteiger partial charge in [-0.1, -0.05) is 12.1 Å². The molecule has 0 unspecified atom stereocenters. The first-order valence-electron chi connectivity index (χ1n) is 8.58. The molecule has 0 bridgehead atoms. The molecule has 0 atom stereocenters. The smallest absolute Gasteiger partial charge is 0.225 e. The SMILES string of the molecule is Cc1cccc(N2CCN(c3ccnc(NC(C)(C)C)n3)CC2)c1. The van der Waals surface area contributed by atoms with E-state index in [1.807, 2.05) is 12.3 Å². The second-order valence-electron chi connectivity index (χ2n) is 7.43. The van der Waals surface area contributed by atoms with Crippen LogP contribution in [0.15, 0.2) is 36.5 Å². The molecule has 3 rings (SSSR count). The van der Waals surface area contributed by atoms with Crippen molar-refractivity contribution >= 4 is 17.5 Å². The summed E-state index contributed by atoms with van der Waals surface area (Å²) < 4.78 is 0. The predicted octanol–water partition coefficient (Wildman–Crippen LogP) is 3.32. The van der Waals surface area contributed by atoms with E-state index in [1.165, 1.54) is 11.3 Å². The summed E-state index contributed by atoms with van der Waals surface area (Å²) in [5.74, 6) is 1.70. The van der Waals surface area contributed by atoms with Crippen molar-refractivity contribution in [2.45, 2.75) is 33.2 Å². The Bertz CT molecular complexity index is 684. The van der Waals surface area contributed by atoms with E-state index in [2.05, 4.69) is 77.0 Å². The molecule has 128 valence electrons.